The Labute approximate surface area is 81.2 Å². The molecule has 1 aromatic rings. The van der Waals surface area contributed by atoms with E-state index in [2.05, 4.69) is 15.9 Å². The lowest BCUT2D eigenvalue weighted by Crippen LogP contribution is -2.20. The first-order chi connectivity index (χ1) is 6.11. The third-order valence-electron chi connectivity index (χ3n) is 1.79. The van der Waals surface area contributed by atoms with Crippen molar-refractivity contribution in [3.63, 3.8) is 0 Å². The molecule has 2 rings (SSSR count). The molecule has 0 atom stereocenters. The molecule has 0 radical (unpaired) electrons. The first-order valence-electron chi connectivity index (χ1n) is 3.45. The Morgan fingerprint density at radius 2 is 2.00 bits per heavy atom. The number of carbonyl (C=O) groups excluding carboxylic acids is 2. The molecule has 1 aromatic carbocycles. The average molecular weight is 244 g/mol. The van der Waals surface area contributed by atoms with Gasteiger partial charge < -0.3 is 0 Å². The zero-order valence-corrected chi connectivity index (χ0v) is 7.84. The summed E-state index contributed by atoms with van der Waals surface area (Å²) in [6.07, 6.45) is 0. The molecule has 1 aliphatic rings. The molecule has 1 heterocycles. The second kappa shape index (κ2) is 2.63. The summed E-state index contributed by atoms with van der Waals surface area (Å²) in [4.78, 5) is 21.9. The van der Waals surface area contributed by atoms with Crippen molar-refractivity contribution in [1.29, 1.82) is 0 Å². The lowest BCUT2D eigenvalue weighted by atomic mass is 10.1. The van der Waals surface area contributed by atoms with Crippen LogP contribution in [-0.2, 0) is 4.79 Å². The summed E-state index contributed by atoms with van der Waals surface area (Å²) >= 11 is 3.12. The molecule has 0 aliphatic carbocycles. The number of halogens is 2. The van der Waals surface area contributed by atoms with Gasteiger partial charge in [0.2, 0.25) is 0 Å². The number of amides is 1. The second-order valence-electron chi connectivity index (χ2n) is 2.58. The van der Waals surface area contributed by atoms with Crippen LogP contribution >= 0.6 is 15.9 Å². The molecule has 0 spiro atoms. The molecule has 0 bridgehead atoms. The molecule has 0 saturated carbocycles. The highest BCUT2D eigenvalue weighted by atomic mass is 79.9. The van der Waals surface area contributed by atoms with Gasteiger partial charge in [-0.1, -0.05) is 20.4 Å². The summed E-state index contributed by atoms with van der Waals surface area (Å²) in [6.45, 7) is 0. The van der Waals surface area contributed by atoms with Crippen LogP contribution in [0.15, 0.2) is 22.7 Å². The Kier molecular flexibility index (Phi) is 1.69. The Balaban J connectivity index is 2.67. The molecular formula is C8H3BrFNO2. The van der Waals surface area contributed by atoms with Gasteiger partial charge in [-0.05, 0) is 18.2 Å². The Hall–Kier alpha value is -1.23. The van der Waals surface area contributed by atoms with Crippen molar-refractivity contribution in [1.82, 2.24) is 0 Å². The van der Waals surface area contributed by atoms with Crippen molar-refractivity contribution in [2.45, 2.75) is 0 Å². The molecule has 0 aromatic heterocycles. The lowest BCUT2D eigenvalue weighted by Gasteiger charge is -2.02. The van der Waals surface area contributed by atoms with Crippen molar-refractivity contribution in [2.75, 3.05) is 5.12 Å². The zero-order valence-electron chi connectivity index (χ0n) is 6.25. The molecule has 13 heavy (non-hydrogen) atoms. The number of nitrogens with zero attached hydrogens (tertiary/aromatic N) is 1. The highest BCUT2D eigenvalue weighted by molar-refractivity contribution is 9.10. The van der Waals surface area contributed by atoms with E-state index < -0.39 is 11.7 Å². The van der Waals surface area contributed by atoms with Crippen molar-refractivity contribution in [3.05, 3.63) is 28.2 Å². The molecule has 1 aliphatic heterocycles. The number of Topliss-reactive ketones (excluding diaryl/α,β-unsaturated/α-hetero) is 1. The molecule has 5 heteroatoms. The van der Waals surface area contributed by atoms with Crippen LogP contribution in [-0.4, -0.2) is 11.7 Å². The van der Waals surface area contributed by atoms with E-state index >= 15 is 0 Å². The molecule has 0 saturated heterocycles. The van der Waals surface area contributed by atoms with Gasteiger partial charge in [-0.3, -0.25) is 9.59 Å². The maximum absolute atomic E-state index is 13.0. The van der Waals surface area contributed by atoms with Crippen LogP contribution in [0.1, 0.15) is 10.4 Å². The molecule has 0 fully saturated rings. The molecule has 0 unspecified atom stereocenters. The van der Waals surface area contributed by atoms with Crippen LogP contribution in [0.4, 0.5) is 10.2 Å². The SMILES string of the molecule is O=C1C(=O)N(F)c2cc(Br)ccc21. The molecular weight excluding hydrogens is 241 g/mol. The first kappa shape index (κ1) is 8.37. The second-order valence-corrected chi connectivity index (χ2v) is 3.49. The van der Waals surface area contributed by atoms with Gasteiger partial charge in [0, 0.05) is 4.47 Å². The van der Waals surface area contributed by atoms with E-state index in [0.717, 1.165) is 0 Å². The van der Waals surface area contributed by atoms with Gasteiger partial charge in [0.15, 0.2) is 0 Å². The van der Waals surface area contributed by atoms with E-state index in [0.29, 0.717) is 4.47 Å². The van der Waals surface area contributed by atoms with E-state index in [1.807, 2.05) is 0 Å². The number of rotatable bonds is 0. The zero-order chi connectivity index (χ0) is 9.59. The highest BCUT2D eigenvalue weighted by Crippen LogP contribution is 2.31. The Bertz CT molecular complexity index is 419. The van der Waals surface area contributed by atoms with Gasteiger partial charge in [-0.25, -0.2) is 0 Å². The van der Waals surface area contributed by atoms with Crippen LogP contribution < -0.4 is 5.12 Å². The van der Waals surface area contributed by atoms with Gasteiger partial charge in [0.25, 0.3) is 5.78 Å². The van der Waals surface area contributed by atoms with Crippen molar-refractivity contribution in [3.8, 4) is 0 Å². The summed E-state index contributed by atoms with van der Waals surface area (Å²) < 4.78 is 13.6. The highest BCUT2D eigenvalue weighted by Gasteiger charge is 2.36. The fraction of sp³-hybridized carbons (Fsp3) is 0. The Morgan fingerprint density at radius 3 is 2.69 bits per heavy atom. The quantitative estimate of drug-likeness (QED) is 0.516. The van der Waals surface area contributed by atoms with Crippen LogP contribution in [0.2, 0.25) is 0 Å². The summed E-state index contributed by atoms with van der Waals surface area (Å²) in [5.74, 6) is -1.93. The fourth-order valence-corrected chi connectivity index (χ4v) is 1.52. The first-order valence-corrected chi connectivity index (χ1v) is 4.24. The number of fused-ring (bicyclic) bond motifs is 1. The average Bonchev–Trinajstić information content (AvgIpc) is 2.32. The minimum absolute atomic E-state index is 0.00405. The van der Waals surface area contributed by atoms with Crippen LogP contribution in [0.3, 0.4) is 0 Å². The summed E-state index contributed by atoms with van der Waals surface area (Å²) in [7, 11) is 0. The summed E-state index contributed by atoms with van der Waals surface area (Å²) in [5.41, 5.74) is 0.111. The Morgan fingerprint density at radius 1 is 1.31 bits per heavy atom. The minimum atomic E-state index is -1.13. The maximum Gasteiger partial charge on any atom is 0.327 e. The number of carbonyl (C=O) groups is 2. The van der Waals surface area contributed by atoms with E-state index in [4.69, 9.17) is 0 Å². The van der Waals surface area contributed by atoms with E-state index in [1.54, 1.807) is 6.07 Å². The summed E-state index contributed by atoms with van der Waals surface area (Å²) in [6, 6.07) is 4.39. The van der Waals surface area contributed by atoms with Crippen LogP contribution in [0, 0.1) is 0 Å². The number of hydrogen-bond donors (Lipinski definition) is 0. The summed E-state index contributed by atoms with van der Waals surface area (Å²) in [5, 5.41) is -0.136. The van der Waals surface area contributed by atoms with Gasteiger partial charge in [-0.2, -0.15) is 0 Å². The third kappa shape index (κ3) is 1.07. The van der Waals surface area contributed by atoms with E-state index in [1.165, 1.54) is 12.1 Å². The van der Waals surface area contributed by atoms with Crippen molar-refractivity contribution >= 4 is 33.3 Å². The number of hydrogen-bond acceptors (Lipinski definition) is 2. The normalized spacial score (nSPS) is 15.1. The van der Waals surface area contributed by atoms with E-state index in [9.17, 15) is 14.1 Å². The molecule has 0 N–H and O–H groups in total. The van der Waals surface area contributed by atoms with Gasteiger partial charge in [-0.15, -0.1) is 5.12 Å². The minimum Gasteiger partial charge on any atom is -0.283 e. The maximum atomic E-state index is 13.0. The van der Waals surface area contributed by atoms with Gasteiger partial charge >= 0.3 is 5.91 Å². The molecule has 3 nitrogen and oxygen atoms in total. The smallest absolute Gasteiger partial charge is 0.283 e. The lowest BCUT2D eigenvalue weighted by molar-refractivity contribution is -0.116. The van der Waals surface area contributed by atoms with Crippen LogP contribution in [0.5, 0.6) is 0 Å². The van der Waals surface area contributed by atoms with Crippen LogP contribution in [0.25, 0.3) is 0 Å². The number of benzene rings is 1. The standard InChI is InChI=1S/C8H3BrFNO2/c9-4-1-2-5-6(3-4)11(10)8(13)7(5)12/h1-3H. The fourth-order valence-electron chi connectivity index (χ4n) is 1.17. The largest absolute Gasteiger partial charge is 0.327 e. The van der Waals surface area contributed by atoms with Gasteiger partial charge in [0.1, 0.15) is 0 Å². The number of ketones is 1. The van der Waals surface area contributed by atoms with Gasteiger partial charge in [0.05, 0.1) is 11.3 Å². The van der Waals surface area contributed by atoms with E-state index in [-0.39, 0.29) is 16.4 Å². The van der Waals surface area contributed by atoms with Crippen molar-refractivity contribution in [2.24, 2.45) is 0 Å². The third-order valence-corrected chi connectivity index (χ3v) is 2.28. The number of anilines is 1. The topological polar surface area (TPSA) is 37.4 Å². The molecule has 66 valence electrons. The predicted octanol–water partition coefficient (Wildman–Crippen LogP) is 1.86. The molecule has 1 amide bonds. The predicted molar refractivity (Wildman–Crippen MR) is 47.1 cm³/mol. The monoisotopic (exact) mass is 243 g/mol. The van der Waals surface area contributed by atoms with Crippen molar-refractivity contribution < 1.29 is 14.1 Å².